The number of hydrogen-bond acceptors (Lipinski definition) is 4. The standard InChI is InChI=1S/C12H13N3O/c1-8-3-4-11(10(13)5-8)16-12-6-9(2)14-7-15-12/h3-7H,13H2,1-2H3. The van der Waals surface area contributed by atoms with Crippen LogP contribution in [0.5, 0.6) is 11.6 Å². The molecule has 0 aliphatic carbocycles. The second-order valence-electron chi connectivity index (χ2n) is 3.64. The van der Waals surface area contributed by atoms with Gasteiger partial charge in [-0.3, -0.25) is 0 Å². The third kappa shape index (κ3) is 2.28. The van der Waals surface area contributed by atoms with Crippen molar-refractivity contribution in [2.24, 2.45) is 0 Å². The molecular weight excluding hydrogens is 202 g/mol. The van der Waals surface area contributed by atoms with Gasteiger partial charge in [0.15, 0.2) is 5.75 Å². The van der Waals surface area contributed by atoms with E-state index >= 15 is 0 Å². The normalized spacial score (nSPS) is 10.1. The van der Waals surface area contributed by atoms with Gasteiger partial charge in [0.25, 0.3) is 0 Å². The molecule has 0 radical (unpaired) electrons. The highest BCUT2D eigenvalue weighted by atomic mass is 16.5. The zero-order chi connectivity index (χ0) is 11.5. The molecule has 1 aromatic heterocycles. The Kier molecular flexibility index (Phi) is 2.72. The Morgan fingerprint density at radius 2 is 1.94 bits per heavy atom. The number of aryl methyl sites for hydroxylation is 2. The maximum atomic E-state index is 5.84. The van der Waals surface area contributed by atoms with Crippen LogP contribution in [-0.2, 0) is 0 Å². The van der Waals surface area contributed by atoms with E-state index in [1.54, 1.807) is 6.07 Å². The highest BCUT2D eigenvalue weighted by molar-refractivity contribution is 5.55. The van der Waals surface area contributed by atoms with E-state index in [2.05, 4.69) is 9.97 Å². The van der Waals surface area contributed by atoms with Crippen LogP contribution in [0, 0.1) is 13.8 Å². The van der Waals surface area contributed by atoms with E-state index in [9.17, 15) is 0 Å². The lowest BCUT2D eigenvalue weighted by Gasteiger charge is -2.08. The Hall–Kier alpha value is -2.10. The lowest BCUT2D eigenvalue weighted by atomic mass is 10.2. The molecule has 0 atom stereocenters. The molecule has 0 aliphatic heterocycles. The fraction of sp³-hybridized carbons (Fsp3) is 0.167. The summed E-state index contributed by atoms with van der Waals surface area (Å²) >= 11 is 0. The van der Waals surface area contributed by atoms with Crippen molar-refractivity contribution < 1.29 is 4.74 Å². The summed E-state index contributed by atoms with van der Waals surface area (Å²) in [6.45, 7) is 3.86. The number of nitrogens with two attached hydrogens (primary N) is 1. The second-order valence-corrected chi connectivity index (χ2v) is 3.64. The van der Waals surface area contributed by atoms with Gasteiger partial charge in [0.1, 0.15) is 6.33 Å². The van der Waals surface area contributed by atoms with Gasteiger partial charge in [-0.2, -0.15) is 0 Å². The summed E-state index contributed by atoms with van der Waals surface area (Å²) in [5, 5.41) is 0. The predicted octanol–water partition coefficient (Wildman–Crippen LogP) is 2.47. The van der Waals surface area contributed by atoms with Crippen molar-refractivity contribution in [2.45, 2.75) is 13.8 Å². The fourth-order valence-electron chi connectivity index (χ4n) is 1.36. The maximum absolute atomic E-state index is 5.84. The maximum Gasteiger partial charge on any atom is 0.222 e. The van der Waals surface area contributed by atoms with Crippen LogP contribution in [0.2, 0.25) is 0 Å². The SMILES string of the molecule is Cc1ccc(Oc2cc(C)ncn2)c(N)c1. The van der Waals surface area contributed by atoms with Crippen LogP contribution >= 0.6 is 0 Å². The van der Waals surface area contributed by atoms with Gasteiger partial charge in [0, 0.05) is 11.8 Å². The second kappa shape index (κ2) is 4.18. The molecule has 16 heavy (non-hydrogen) atoms. The van der Waals surface area contributed by atoms with E-state index in [1.165, 1.54) is 6.33 Å². The Bertz CT molecular complexity index is 511. The molecule has 0 saturated heterocycles. The summed E-state index contributed by atoms with van der Waals surface area (Å²) in [6, 6.07) is 7.41. The summed E-state index contributed by atoms with van der Waals surface area (Å²) in [6.07, 6.45) is 1.47. The molecule has 0 fully saturated rings. The topological polar surface area (TPSA) is 61.0 Å². The zero-order valence-corrected chi connectivity index (χ0v) is 9.27. The minimum Gasteiger partial charge on any atom is -0.437 e. The Morgan fingerprint density at radius 1 is 1.12 bits per heavy atom. The van der Waals surface area contributed by atoms with Gasteiger partial charge in [0.2, 0.25) is 5.88 Å². The molecule has 1 aromatic carbocycles. The van der Waals surface area contributed by atoms with Gasteiger partial charge in [0.05, 0.1) is 5.69 Å². The van der Waals surface area contributed by atoms with Crippen molar-refractivity contribution in [3.05, 3.63) is 41.9 Å². The van der Waals surface area contributed by atoms with E-state index in [0.717, 1.165) is 11.3 Å². The minimum absolute atomic E-state index is 0.503. The van der Waals surface area contributed by atoms with Crippen molar-refractivity contribution in [1.29, 1.82) is 0 Å². The Balaban J connectivity index is 2.27. The first kappa shape index (κ1) is 10.4. The van der Waals surface area contributed by atoms with Gasteiger partial charge in [-0.05, 0) is 31.5 Å². The first-order valence-corrected chi connectivity index (χ1v) is 4.98. The van der Waals surface area contributed by atoms with Crippen molar-refractivity contribution >= 4 is 5.69 Å². The number of anilines is 1. The van der Waals surface area contributed by atoms with Crippen LogP contribution in [0.1, 0.15) is 11.3 Å². The highest BCUT2D eigenvalue weighted by Gasteiger charge is 2.03. The van der Waals surface area contributed by atoms with Crippen LogP contribution in [0.4, 0.5) is 5.69 Å². The first-order chi connectivity index (χ1) is 7.65. The zero-order valence-electron chi connectivity index (χ0n) is 9.27. The van der Waals surface area contributed by atoms with Gasteiger partial charge in [-0.25, -0.2) is 9.97 Å². The van der Waals surface area contributed by atoms with Crippen LogP contribution in [-0.4, -0.2) is 9.97 Å². The van der Waals surface area contributed by atoms with E-state index in [0.29, 0.717) is 17.3 Å². The molecule has 0 spiro atoms. The van der Waals surface area contributed by atoms with Gasteiger partial charge >= 0.3 is 0 Å². The van der Waals surface area contributed by atoms with Crippen molar-refractivity contribution in [2.75, 3.05) is 5.73 Å². The van der Waals surface area contributed by atoms with E-state index in [-0.39, 0.29) is 0 Å². The van der Waals surface area contributed by atoms with Crippen LogP contribution in [0.3, 0.4) is 0 Å². The van der Waals surface area contributed by atoms with Crippen molar-refractivity contribution in [3.63, 3.8) is 0 Å². The summed E-state index contributed by atoms with van der Waals surface area (Å²) in [5.41, 5.74) is 8.40. The number of benzene rings is 1. The number of rotatable bonds is 2. The average molecular weight is 215 g/mol. The number of ether oxygens (including phenoxy) is 1. The van der Waals surface area contributed by atoms with Crippen LogP contribution in [0.25, 0.3) is 0 Å². The van der Waals surface area contributed by atoms with Crippen LogP contribution in [0.15, 0.2) is 30.6 Å². The lowest BCUT2D eigenvalue weighted by Crippen LogP contribution is -1.95. The van der Waals surface area contributed by atoms with E-state index < -0.39 is 0 Å². The van der Waals surface area contributed by atoms with Gasteiger partial charge in [-0.1, -0.05) is 6.07 Å². The number of nitrogens with zero attached hydrogens (tertiary/aromatic N) is 2. The number of aromatic nitrogens is 2. The number of hydrogen-bond donors (Lipinski definition) is 1. The molecule has 4 nitrogen and oxygen atoms in total. The minimum atomic E-state index is 0.503. The molecule has 0 aliphatic rings. The summed E-state index contributed by atoms with van der Waals surface area (Å²) in [5.74, 6) is 1.12. The summed E-state index contributed by atoms with van der Waals surface area (Å²) in [4.78, 5) is 8.01. The predicted molar refractivity (Wildman–Crippen MR) is 62.4 cm³/mol. The molecule has 4 heteroatoms. The van der Waals surface area contributed by atoms with Gasteiger partial charge in [-0.15, -0.1) is 0 Å². The highest BCUT2D eigenvalue weighted by Crippen LogP contribution is 2.26. The average Bonchev–Trinajstić information content (AvgIpc) is 2.22. The molecule has 2 N–H and O–H groups in total. The molecule has 1 heterocycles. The molecule has 0 bridgehead atoms. The van der Waals surface area contributed by atoms with E-state index in [4.69, 9.17) is 10.5 Å². The first-order valence-electron chi connectivity index (χ1n) is 4.98. The summed E-state index contributed by atoms with van der Waals surface area (Å²) in [7, 11) is 0. The van der Waals surface area contributed by atoms with E-state index in [1.807, 2.05) is 32.0 Å². The third-order valence-corrected chi connectivity index (χ3v) is 2.16. The smallest absolute Gasteiger partial charge is 0.222 e. The largest absolute Gasteiger partial charge is 0.437 e. The molecule has 0 unspecified atom stereocenters. The Morgan fingerprint density at radius 3 is 2.62 bits per heavy atom. The number of nitrogen functional groups attached to an aromatic ring is 1. The Labute approximate surface area is 94.1 Å². The molecule has 0 saturated carbocycles. The molecular formula is C12H13N3O. The molecule has 2 aromatic rings. The van der Waals surface area contributed by atoms with Crippen molar-refractivity contribution in [1.82, 2.24) is 9.97 Å². The third-order valence-electron chi connectivity index (χ3n) is 2.16. The molecule has 0 amide bonds. The monoisotopic (exact) mass is 215 g/mol. The fourth-order valence-corrected chi connectivity index (χ4v) is 1.36. The molecule has 2 rings (SSSR count). The van der Waals surface area contributed by atoms with Crippen molar-refractivity contribution in [3.8, 4) is 11.6 Å². The summed E-state index contributed by atoms with van der Waals surface area (Å²) < 4.78 is 5.57. The lowest BCUT2D eigenvalue weighted by molar-refractivity contribution is 0.463. The quantitative estimate of drug-likeness (QED) is 0.782. The van der Waals surface area contributed by atoms with Crippen LogP contribution < -0.4 is 10.5 Å². The molecule has 82 valence electrons. The van der Waals surface area contributed by atoms with Gasteiger partial charge < -0.3 is 10.5 Å².